The van der Waals surface area contributed by atoms with E-state index in [2.05, 4.69) is 4.72 Å². The minimum absolute atomic E-state index is 0.0496. The SMILES string of the molecule is C[C@@H](NS(=O)(=O)CC/C=C/CC1C(=O)NC(=O)NC1=O)c1ccc(F)c(OCC2CC2)c1. The Hall–Kier alpha value is -2.79. The van der Waals surface area contributed by atoms with Gasteiger partial charge in [-0.05, 0) is 56.2 Å². The molecule has 1 aliphatic heterocycles. The van der Waals surface area contributed by atoms with Gasteiger partial charge in [0.15, 0.2) is 11.6 Å². The number of urea groups is 1. The average Bonchev–Trinajstić information content (AvgIpc) is 3.52. The number of amides is 4. The summed E-state index contributed by atoms with van der Waals surface area (Å²) in [7, 11) is -3.64. The highest BCUT2D eigenvalue weighted by molar-refractivity contribution is 7.89. The number of allylic oxidation sites excluding steroid dienone is 2. The van der Waals surface area contributed by atoms with Crippen LogP contribution in [0.2, 0.25) is 0 Å². The summed E-state index contributed by atoms with van der Waals surface area (Å²) in [5.74, 6) is -2.53. The van der Waals surface area contributed by atoms with Crippen molar-refractivity contribution < 1.29 is 31.9 Å². The van der Waals surface area contributed by atoms with Crippen LogP contribution >= 0.6 is 0 Å². The first-order valence-electron chi connectivity index (χ1n) is 10.4. The number of sulfonamides is 1. The van der Waals surface area contributed by atoms with Crippen molar-refractivity contribution in [3.05, 3.63) is 41.7 Å². The van der Waals surface area contributed by atoms with E-state index in [1.807, 2.05) is 10.6 Å². The van der Waals surface area contributed by atoms with E-state index in [0.29, 0.717) is 18.1 Å². The lowest BCUT2D eigenvalue weighted by Crippen LogP contribution is -2.55. The number of imide groups is 2. The van der Waals surface area contributed by atoms with E-state index in [1.54, 1.807) is 13.0 Å². The summed E-state index contributed by atoms with van der Waals surface area (Å²) in [6.07, 6.45) is 5.45. The van der Waals surface area contributed by atoms with E-state index in [4.69, 9.17) is 4.74 Å². The lowest BCUT2D eigenvalue weighted by atomic mass is 10.0. The molecule has 0 spiro atoms. The van der Waals surface area contributed by atoms with Crippen LogP contribution < -0.4 is 20.1 Å². The molecule has 0 unspecified atom stereocenters. The Kier molecular flexibility index (Phi) is 7.62. The van der Waals surface area contributed by atoms with Crippen LogP contribution in [0.1, 0.15) is 44.2 Å². The Morgan fingerprint density at radius 3 is 2.53 bits per heavy atom. The quantitative estimate of drug-likeness (QED) is 0.337. The first kappa shape index (κ1) is 23.9. The number of hydrogen-bond acceptors (Lipinski definition) is 6. The van der Waals surface area contributed by atoms with Crippen molar-refractivity contribution >= 4 is 27.9 Å². The molecular weight excluding hydrogens is 441 g/mol. The van der Waals surface area contributed by atoms with Crippen LogP contribution in [-0.4, -0.2) is 38.6 Å². The summed E-state index contributed by atoms with van der Waals surface area (Å²) in [6, 6.07) is 2.85. The Morgan fingerprint density at radius 2 is 1.88 bits per heavy atom. The first-order chi connectivity index (χ1) is 15.1. The third kappa shape index (κ3) is 6.86. The molecule has 3 rings (SSSR count). The molecule has 1 heterocycles. The lowest BCUT2D eigenvalue weighted by molar-refractivity contribution is -0.135. The second-order valence-corrected chi connectivity index (χ2v) is 9.83. The summed E-state index contributed by atoms with van der Waals surface area (Å²) < 4.78 is 46.8. The Bertz CT molecular complexity index is 1000. The van der Waals surface area contributed by atoms with Crippen molar-refractivity contribution in [1.82, 2.24) is 15.4 Å². The van der Waals surface area contributed by atoms with Crippen molar-refractivity contribution in [2.45, 2.75) is 38.6 Å². The van der Waals surface area contributed by atoms with Gasteiger partial charge in [0, 0.05) is 6.04 Å². The van der Waals surface area contributed by atoms with E-state index in [0.717, 1.165) is 12.8 Å². The van der Waals surface area contributed by atoms with E-state index < -0.39 is 45.6 Å². The van der Waals surface area contributed by atoms with Crippen LogP contribution in [0.25, 0.3) is 0 Å². The van der Waals surface area contributed by atoms with Crippen molar-refractivity contribution in [3.63, 3.8) is 0 Å². The highest BCUT2D eigenvalue weighted by atomic mass is 32.2. The molecule has 0 bridgehead atoms. The molecule has 11 heteroatoms. The van der Waals surface area contributed by atoms with E-state index in [9.17, 15) is 27.2 Å². The molecule has 32 heavy (non-hydrogen) atoms. The Labute approximate surface area is 185 Å². The maximum Gasteiger partial charge on any atom is 0.328 e. The molecule has 1 aliphatic carbocycles. The minimum Gasteiger partial charge on any atom is -0.490 e. The van der Waals surface area contributed by atoms with Crippen molar-refractivity contribution in [2.75, 3.05) is 12.4 Å². The normalized spacial score (nSPS) is 18.5. The maximum atomic E-state index is 13.9. The molecule has 1 aromatic carbocycles. The number of carbonyl (C=O) groups is 3. The second-order valence-electron chi connectivity index (χ2n) is 7.96. The molecule has 1 aromatic rings. The zero-order valence-electron chi connectivity index (χ0n) is 17.6. The van der Waals surface area contributed by atoms with Gasteiger partial charge in [-0.3, -0.25) is 20.2 Å². The van der Waals surface area contributed by atoms with Gasteiger partial charge in [-0.15, -0.1) is 0 Å². The van der Waals surface area contributed by atoms with Crippen molar-refractivity contribution in [3.8, 4) is 5.75 Å². The first-order valence-corrected chi connectivity index (χ1v) is 12.0. The van der Waals surface area contributed by atoms with Gasteiger partial charge in [0.05, 0.1) is 12.4 Å². The molecule has 174 valence electrons. The number of ether oxygens (including phenoxy) is 1. The zero-order valence-corrected chi connectivity index (χ0v) is 18.4. The molecule has 2 fully saturated rings. The predicted molar refractivity (Wildman–Crippen MR) is 114 cm³/mol. The van der Waals surface area contributed by atoms with Crippen LogP contribution in [0, 0.1) is 17.7 Å². The maximum absolute atomic E-state index is 13.9. The molecular formula is C21H26FN3O6S. The number of halogens is 1. The van der Waals surface area contributed by atoms with Gasteiger partial charge >= 0.3 is 6.03 Å². The van der Waals surface area contributed by atoms with Gasteiger partial charge in [-0.25, -0.2) is 22.3 Å². The van der Waals surface area contributed by atoms with Gasteiger partial charge in [0.2, 0.25) is 21.8 Å². The summed E-state index contributed by atoms with van der Waals surface area (Å²) in [4.78, 5) is 34.3. The van der Waals surface area contributed by atoms with Crippen LogP contribution in [0.4, 0.5) is 9.18 Å². The molecule has 4 amide bonds. The van der Waals surface area contributed by atoms with Gasteiger partial charge < -0.3 is 4.74 Å². The monoisotopic (exact) mass is 467 g/mol. The third-order valence-corrected chi connectivity index (χ3v) is 6.67. The number of benzene rings is 1. The molecule has 3 N–H and O–H groups in total. The lowest BCUT2D eigenvalue weighted by Gasteiger charge is -2.19. The number of hydrogen-bond donors (Lipinski definition) is 3. The molecule has 1 atom stereocenters. The minimum atomic E-state index is -3.64. The largest absolute Gasteiger partial charge is 0.490 e. The Morgan fingerprint density at radius 1 is 1.19 bits per heavy atom. The van der Waals surface area contributed by atoms with Crippen LogP contribution in [0.3, 0.4) is 0 Å². The fourth-order valence-electron chi connectivity index (χ4n) is 3.12. The van der Waals surface area contributed by atoms with Crippen LogP contribution in [-0.2, 0) is 19.6 Å². The van der Waals surface area contributed by atoms with Gasteiger partial charge in [0.25, 0.3) is 0 Å². The van der Waals surface area contributed by atoms with E-state index in [1.165, 1.54) is 24.3 Å². The second kappa shape index (κ2) is 10.2. The van der Waals surface area contributed by atoms with Crippen molar-refractivity contribution in [1.29, 1.82) is 0 Å². The number of rotatable bonds is 11. The Balaban J connectivity index is 1.47. The number of carbonyl (C=O) groups excluding carboxylic acids is 3. The van der Waals surface area contributed by atoms with Crippen LogP contribution in [0.15, 0.2) is 30.4 Å². The fraction of sp³-hybridized carbons (Fsp3) is 0.476. The average molecular weight is 468 g/mol. The predicted octanol–water partition coefficient (Wildman–Crippen LogP) is 1.91. The summed E-state index contributed by atoms with van der Waals surface area (Å²) in [5.41, 5.74) is 0.584. The number of barbiturate groups is 1. The fourth-order valence-corrected chi connectivity index (χ4v) is 4.36. The molecule has 2 aliphatic rings. The van der Waals surface area contributed by atoms with Gasteiger partial charge in [0.1, 0.15) is 5.92 Å². The summed E-state index contributed by atoms with van der Waals surface area (Å²) in [5, 5.41) is 4.01. The zero-order chi connectivity index (χ0) is 23.3. The topological polar surface area (TPSA) is 131 Å². The van der Waals surface area contributed by atoms with E-state index in [-0.39, 0.29) is 24.3 Å². The molecule has 0 radical (unpaired) electrons. The molecule has 1 saturated heterocycles. The van der Waals surface area contributed by atoms with E-state index >= 15 is 0 Å². The molecule has 1 saturated carbocycles. The standard InChI is InChI=1S/C21H26FN3O6S/c1-13(15-8-9-17(22)18(11-15)31-12-14-6-7-14)25-32(29,30)10-4-2-3-5-16-19(26)23-21(28)24-20(16)27/h2-3,8-9,11,13-14,16,25H,4-7,10,12H2,1H3,(H2,23,24,26,27,28)/b3-2+/t13-/m1/s1. The molecule has 0 aromatic heterocycles. The summed E-state index contributed by atoms with van der Waals surface area (Å²) in [6.45, 7) is 2.11. The van der Waals surface area contributed by atoms with Crippen molar-refractivity contribution in [2.24, 2.45) is 11.8 Å². The van der Waals surface area contributed by atoms with Gasteiger partial charge in [-0.1, -0.05) is 18.2 Å². The highest BCUT2D eigenvalue weighted by Gasteiger charge is 2.32. The third-order valence-electron chi connectivity index (χ3n) is 5.18. The molecule has 9 nitrogen and oxygen atoms in total. The van der Waals surface area contributed by atoms with Gasteiger partial charge in [-0.2, -0.15) is 0 Å². The highest BCUT2D eigenvalue weighted by Crippen LogP contribution is 2.31. The van der Waals surface area contributed by atoms with Crippen LogP contribution in [0.5, 0.6) is 5.75 Å². The summed E-state index contributed by atoms with van der Waals surface area (Å²) >= 11 is 0. The smallest absolute Gasteiger partial charge is 0.328 e. The number of nitrogens with one attached hydrogen (secondary N) is 3.